The number of rotatable bonds is 2. The minimum absolute atomic E-state index is 0.189. The van der Waals surface area contributed by atoms with Gasteiger partial charge in [0.05, 0.1) is 22.1 Å². The second kappa shape index (κ2) is 6.93. The predicted octanol–water partition coefficient (Wildman–Crippen LogP) is 3.61. The van der Waals surface area contributed by atoms with Gasteiger partial charge in [-0.2, -0.15) is 5.26 Å². The Labute approximate surface area is 180 Å². The number of carboxylic acid groups (broad SMARTS) is 1. The summed E-state index contributed by atoms with van der Waals surface area (Å²) in [5.41, 5.74) is 1.19. The van der Waals surface area contributed by atoms with E-state index >= 15 is 0 Å². The van der Waals surface area contributed by atoms with Gasteiger partial charge in [-0.25, -0.2) is 4.79 Å². The van der Waals surface area contributed by atoms with Crippen LogP contribution in [0.15, 0.2) is 75.8 Å². The molecule has 0 aliphatic carbocycles. The molecule has 154 valence electrons. The van der Waals surface area contributed by atoms with Crippen LogP contribution in [0.2, 0.25) is 0 Å². The second-order valence-corrected chi connectivity index (χ2v) is 7.47. The van der Waals surface area contributed by atoms with Gasteiger partial charge in [-0.3, -0.25) is 9.59 Å². The Hall–Kier alpha value is -4.70. The molecule has 0 fully saturated rings. The summed E-state index contributed by atoms with van der Waals surface area (Å²) in [6, 6.07) is 18.9. The van der Waals surface area contributed by atoms with Gasteiger partial charge < -0.3 is 14.2 Å². The molecule has 2 heterocycles. The van der Waals surface area contributed by atoms with E-state index in [1.807, 2.05) is 23.7 Å². The Kier molecular flexibility index (Phi) is 4.17. The Morgan fingerprint density at radius 1 is 0.844 bits per heavy atom. The standard InChI is InChI=1S/C25H15N3O4/c1-27-19-8-4-2-6-15(19)23(29)17-11-22-18(10-21(17)27)24(30)16-7-3-5-9-20(16)28(22)13-14(12-26)25(31)32/h2-11,13H,1H3,(H,31,32)/b14-13+. The minimum atomic E-state index is -1.38. The number of carboxylic acids is 1. The molecule has 7 nitrogen and oxygen atoms in total. The van der Waals surface area contributed by atoms with Gasteiger partial charge in [-0.05, 0) is 36.4 Å². The van der Waals surface area contributed by atoms with Gasteiger partial charge in [0.1, 0.15) is 6.07 Å². The Morgan fingerprint density at radius 2 is 1.38 bits per heavy atom. The van der Waals surface area contributed by atoms with Gasteiger partial charge in [0.25, 0.3) is 0 Å². The van der Waals surface area contributed by atoms with Gasteiger partial charge in [0.2, 0.25) is 0 Å². The van der Waals surface area contributed by atoms with E-state index in [0.29, 0.717) is 38.1 Å². The summed E-state index contributed by atoms with van der Waals surface area (Å²) < 4.78 is 3.35. The van der Waals surface area contributed by atoms with Crippen LogP contribution < -0.4 is 10.9 Å². The lowest BCUT2D eigenvalue weighted by Gasteiger charge is -2.15. The number of nitrogens with zero attached hydrogens (tertiary/aromatic N) is 3. The van der Waals surface area contributed by atoms with E-state index in [1.165, 1.54) is 10.8 Å². The number of aliphatic carboxylic acids is 1. The highest BCUT2D eigenvalue weighted by atomic mass is 16.4. The normalized spacial score (nSPS) is 11.9. The van der Waals surface area contributed by atoms with Crippen molar-refractivity contribution in [2.45, 2.75) is 0 Å². The first kappa shape index (κ1) is 19.3. The van der Waals surface area contributed by atoms with Crippen LogP contribution in [0.4, 0.5) is 0 Å². The molecular weight excluding hydrogens is 406 g/mol. The van der Waals surface area contributed by atoms with Gasteiger partial charge in [0.15, 0.2) is 16.4 Å². The molecule has 5 rings (SSSR count). The van der Waals surface area contributed by atoms with E-state index in [0.717, 1.165) is 5.52 Å². The maximum absolute atomic E-state index is 13.3. The average Bonchev–Trinajstić information content (AvgIpc) is 2.81. The van der Waals surface area contributed by atoms with Gasteiger partial charge >= 0.3 is 5.97 Å². The number of hydrogen-bond acceptors (Lipinski definition) is 4. The van der Waals surface area contributed by atoms with Gasteiger partial charge in [-0.1, -0.05) is 24.3 Å². The van der Waals surface area contributed by atoms with Crippen molar-refractivity contribution in [1.82, 2.24) is 9.13 Å². The number of para-hydroxylation sites is 2. The van der Waals surface area contributed by atoms with Crippen molar-refractivity contribution in [3.05, 3.63) is 86.7 Å². The average molecular weight is 421 g/mol. The topological polar surface area (TPSA) is 105 Å². The first-order valence-electron chi connectivity index (χ1n) is 9.76. The summed E-state index contributed by atoms with van der Waals surface area (Å²) >= 11 is 0. The number of aromatic nitrogens is 2. The molecule has 0 amide bonds. The molecular formula is C25H15N3O4. The molecule has 3 aromatic carbocycles. The second-order valence-electron chi connectivity index (χ2n) is 7.47. The van der Waals surface area contributed by atoms with E-state index in [2.05, 4.69) is 0 Å². The zero-order valence-corrected chi connectivity index (χ0v) is 16.9. The van der Waals surface area contributed by atoms with Crippen LogP contribution in [-0.2, 0) is 11.8 Å². The monoisotopic (exact) mass is 421 g/mol. The Morgan fingerprint density at radius 3 is 2.00 bits per heavy atom. The van der Waals surface area contributed by atoms with Crippen LogP contribution in [0.5, 0.6) is 0 Å². The lowest BCUT2D eigenvalue weighted by atomic mass is 10.0. The molecule has 7 heteroatoms. The zero-order valence-electron chi connectivity index (χ0n) is 16.9. The van der Waals surface area contributed by atoms with Crippen molar-refractivity contribution in [2.75, 3.05) is 0 Å². The largest absolute Gasteiger partial charge is 0.477 e. The minimum Gasteiger partial charge on any atom is -0.477 e. The molecule has 0 unspecified atom stereocenters. The number of fused-ring (bicyclic) bond motifs is 4. The fourth-order valence-corrected chi connectivity index (χ4v) is 4.20. The van der Waals surface area contributed by atoms with E-state index < -0.39 is 11.5 Å². The maximum atomic E-state index is 13.3. The van der Waals surface area contributed by atoms with Crippen LogP contribution >= 0.6 is 0 Å². The summed E-state index contributed by atoms with van der Waals surface area (Å²) in [6.07, 6.45) is 1.18. The van der Waals surface area contributed by atoms with Crippen LogP contribution in [-0.4, -0.2) is 20.2 Å². The van der Waals surface area contributed by atoms with Crippen molar-refractivity contribution in [3.63, 3.8) is 0 Å². The molecule has 0 radical (unpaired) electrons. The molecule has 0 bridgehead atoms. The molecule has 0 saturated heterocycles. The summed E-state index contributed by atoms with van der Waals surface area (Å²) in [6.45, 7) is 0. The fourth-order valence-electron chi connectivity index (χ4n) is 4.20. The number of hydrogen-bond donors (Lipinski definition) is 1. The van der Waals surface area contributed by atoms with Crippen molar-refractivity contribution in [3.8, 4) is 6.07 Å². The van der Waals surface area contributed by atoms with E-state index in [4.69, 9.17) is 0 Å². The Balaban J connectivity index is 2.09. The number of nitriles is 1. The molecule has 0 atom stereocenters. The molecule has 2 aromatic heterocycles. The highest BCUT2D eigenvalue weighted by Crippen LogP contribution is 2.26. The summed E-state index contributed by atoms with van der Waals surface area (Å²) in [7, 11) is 1.83. The maximum Gasteiger partial charge on any atom is 0.347 e. The fraction of sp³-hybridized carbons (Fsp3) is 0.0400. The molecule has 0 saturated carbocycles. The van der Waals surface area contributed by atoms with Crippen LogP contribution in [0.25, 0.3) is 49.8 Å². The zero-order chi connectivity index (χ0) is 22.6. The van der Waals surface area contributed by atoms with E-state index in [1.54, 1.807) is 54.6 Å². The van der Waals surface area contributed by atoms with Crippen molar-refractivity contribution >= 4 is 55.8 Å². The first-order chi connectivity index (χ1) is 15.4. The number of carbonyl (C=O) groups is 1. The van der Waals surface area contributed by atoms with E-state index in [-0.39, 0.29) is 10.9 Å². The number of aryl methyl sites for hydroxylation is 1. The lowest BCUT2D eigenvalue weighted by Crippen LogP contribution is -2.13. The summed E-state index contributed by atoms with van der Waals surface area (Å²) in [5.74, 6) is -1.38. The van der Waals surface area contributed by atoms with Gasteiger partial charge in [-0.15, -0.1) is 0 Å². The summed E-state index contributed by atoms with van der Waals surface area (Å²) in [4.78, 5) is 38.1. The van der Waals surface area contributed by atoms with Crippen LogP contribution in [0.1, 0.15) is 0 Å². The van der Waals surface area contributed by atoms with Gasteiger partial charge in [0, 0.05) is 34.8 Å². The molecule has 32 heavy (non-hydrogen) atoms. The van der Waals surface area contributed by atoms with Crippen LogP contribution in [0, 0.1) is 11.3 Å². The number of benzene rings is 3. The molecule has 1 N–H and O–H groups in total. The first-order valence-corrected chi connectivity index (χ1v) is 9.76. The molecule has 0 aliphatic rings. The third-order valence-electron chi connectivity index (χ3n) is 5.75. The smallest absolute Gasteiger partial charge is 0.347 e. The van der Waals surface area contributed by atoms with Crippen molar-refractivity contribution in [1.29, 1.82) is 5.26 Å². The third-order valence-corrected chi connectivity index (χ3v) is 5.75. The SMILES string of the molecule is Cn1c2ccccc2c(=O)c2cc3c(cc21)c(=O)c1ccccc1n3/C=C(\C#N)C(=O)O. The lowest BCUT2D eigenvalue weighted by molar-refractivity contribution is -0.132. The number of pyridine rings is 2. The molecule has 0 aliphatic heterocycles. The quantitative estimate of drug-likeness (QED) is 0.266. The van der Waals surface area contributed by atoms with E-state index in [9.17, 15) is 24.8 Å². The highest BCUT2D eigenvalue weighted by molar-refractivity contribution is 6.05. The highest BCUT2D eigenvalue weighted by Gasteiger charge is 2.16. The molecule has 5 aromatic rings. The molecule has 0 spiro atoms. The Bertz CT molecular complexity index is 1820. The predicted molar refractivity (Wildman–Crippen MR) is 123 cm³/mol. The van der Waals surface area contributed by atoms with Crippen LogP contribution in [0.3, 0.4) is 0 Å². The summed E-state index contributed by atoms with van der Waals surface area (Å²) in [5, 5.41) is 20.3. The van der Waals surface area contributed by atoms with Crippen molar-refractivity contribution < 1.29 is 9.90 Å². The third kappa shape index (κ3) is 2.63. The van der Waals surface area contributed by atoms with Crippen molar-refractivity contribution in [2.24, 2.45) is 7.05 Å².